The number of nitrogens with one attached hydrogen (secondary N) is 1. The van der Waals surface area contributed by atoms with Gasteiger partial charge in [-0.25, -0.2) is 4.39 Å². The van der Waals surface area contributed by atoms with Crippen molar-refractivity contribution < 1.29 is 14.0 Å². The summed E-state index contributed by atoms with van der Waals surface area (Å²) >= 11 is 0. The Morgan fingerprint density at radius 2 is 1.68 bits per heavy atom. The molecule has 2 rings (SSSR count). The van der Waals surface area contributed by atoms with Gasteiger partial charge in [0.2, 0.25) is 11.8 Å². The zero-order chi connectivity index (χ0) is 18.1. The van der Waals surface area contributed by atoms with Crippen LogP contribution in [0.1, 0.15) is 24.5 Å². The first-order valence-corrected chi connectivity index (χ1v) is 8.35. The zero-order valence-corrected chi connectivity index (χ0v) is 14.4. The number of nitrogens with zero attached hydrogens (tertiary/aromatic N) is 1. The summed E-state index contributed by atoms with van der Waals surface area (Å²) in [6, 6.07) is 15.9. The molecule has 0 aliphatic carbocycles. The number of hydrogen-bond acceptors (Lipinski definition) is 2. The molecule has 0 aromatic heterocycles. The van der Waals surface area contributed by atoms with Gasteiger partial charge < -0.3 is 10.2 Å². The summed E-state index contributed by atoms with van der Waals surface area (Å²) in [4.78, 5) is 25.4. The van der Waals surface area contributed by atoms with Gasteiger partial charge in [-0.3, -0.25) is 9.59 Å². The van der Waals surface area contributed by atoms with E-state index in [-0.39, 0.29) is 24.1 Å². The number of carbonyl (C=O) groups excluding carboxylic acids is 2. The van der Waals surface area contributed by atoms with Gasteiger partial charge in [0.05, 0.1) is 0 Å². The Morgan fingerprint density at radius 3 is 2.32 bits per heavy atom. The number of benzene rings is 2. The maximum Gasteiger partial charge on any atom is 0.221 e. The summed E-state index contributed by atoms with van der Waals surface area (Å²) in [6.07, 6.45) is 0.905. The first-order chi connectivity index (χ1) is 12.0. The van der Waals surface area contributed by atoms with Crippen LogP contribution in [0.15, 0.2) is 54.6 Å². The van der Waals surface area contributed by atoms with Crippen LogP contribution in [-0.4, -0.2) is 29.8 Å². The van der Waals surface area contributed by atoms with Gasteiger partial charge in [0.15, 0.2) is 0 Å². The highest BCUT2D eigenvalue weighted by molar-refractivity contribution is 5.78. The molecule has 0 saturated heterocycles. The first kappa shape index (κ1) is 18.6. The molecule has 0 saturated carbocycles. The molecule has 2 aromatic carbocycles. The smallest absolute Gasteiger partial charge is 0.221 e. The van der Waals surface area contributed by atoms with E-state index in [0.717, 1.165) is 11.1 Å². The van der Waals surface area contributed by atoms with Crippen LogP contribution >= 0.6 is 0 Å². The molecule has 2 amide bonds. The second-order valence-electron chi connectivity index (χ2n) is 5.90. The molecular weight excluding hydrogens is 319 g/mol. The average Bonchev–Trinajstić information content (AvgIpc) is 2.61. The monoisotopic (exact) mass is 342 g/mol. The van der Waals surface area contributed by atoms with Crippen molar-refractivity contribution in [2.75, 3.05) is 13.1 Å². The van der Waals surface area contributed by atoms with Crippen molar-refractivity contribution in [1.29, 1.82) is 0 Å². The highest BCUT2D eigenvalue weighted by Crippen LogP contribution is 2.06. The van der Waals surface area contributed by atoms with Crippen molar-refractivity contribution in [3.63, 3.8) is 0 Å². The van der Waals surface area contributed by atoms with Crippen LogP contribution in [0.5, 0.6) is 0 Å². The van der Waals surface area contributed by atoms with Crippen LogP contribution in [0.3, 0.4) is 0 Å². The molecule has 1 N–H and O–H groups in total. The Hall–Kier alpha value is -2.69. The molecule has 25 heavy (non-hydrogen) atoms. The van der Waals surface area contributed by atoms with Gasteiger partial charge in [-0.15, -0.1) is 0 Å². The van der Waals surface area contributed by atoms with Crippen molar-refractivity contribution in [3.05, 3.63) is 71.5 Å². The van der Waals surface area contributed by atoms with E-state index >= 15 is 0 Å². The van der Waals surface area contributed by atoms with Gasteiger partial charge >= 0.3 is 0 Å². The average molecular weight is 342 g/mol. The molecule has 0 aliphatic heterocycles. The standard InChI is InChI=1S/C20H23FN2O2/c1-16(24)23(15-18-5-3-2-4-6-18)14-12-20(25)22-13-11-17-7-9-19(21)10-8-17/h2-10H,11-15H2,1H3,(H,22,25). The van der Waals surface area contributed by atoms with E-state index in [4.69, 9.17) is 0 Å². The molecule has 2 aromatic rings. The van der Waals surface area contributed by atoms with E-state index in [9.17, 15) is 14.0 Å². The third kappa shape index (κ3) is 6.75. The van der Waals surface area contributed by atoms with Gasteiger partial charge in [-0.2, -0.15) is 0 Å². The van der Waals surface area contributed by atoms with Crippen molar-refractivity contribution >= 4 is 11.8 Å². The molecule has 5 heteroatoms. The predicted octanol–water partition coefficient (Wildman–Crippen LogP) is 2.92. The lowest BCUT2D eigenvalue weighted by Gasteiger charge is -2.21. The minimum atomic E-state index is -0.268. The van der Waals surface area contributed by atoms with Crippen molar-refractivity contribution in [2.45, 2.75) is 26.3 Å². The fourth-order valence-electron chi connectivity index (χ4n) is 2.47. The third-order valence-corrected chi connectivity index (χ3v) is 3.92. The fourth-order valence-corrected chi connectivity index (χ4v) is 2.47. The molecule has 0 radical (unpaired) electrons. The van der Waals surface area contributed by atoms with Crippen molar-refractivity contribution in [3.8, 4) is 0 Å². The SMILES string of the molecule is CC(=O)N(CCC(=O)NCCc1ccc(F)cc1)Cc1ccccc1. The summed E-state index contributed by atoms with van der Waals surface area (Å²) in [5.41, 5.74) is 2.01. The molecule has 132 valence electrons. The Bertz CT molecular complexity index is 687. The molecule has 0 aliphatic rings. The van der Waals surface area contributed by atoms with E-state index in [1.807, 2.05) is 30.3 Å². The Morgan fingerprint density at radius 1 is 1.00 bits per heavy atom. The van der Waals surface area contributed by atoms with Crippen LogP contribution in [0.25, 0.3) is 0 Å². The van der Waals surface area contributed by atoms with Gasteiger partial charge in [0.1, 0.15) is 5.82 Å². The number of halogens is 1. The minimum Gasteiger partial charge on any atom is -0.356 e. The van der Waals surface area contributed by atoms with Crippen LogP contribution in [0, 0.1) is 5.82 Å². The molecule has 4 nitrogen and oxygen atoms in total. The molecule has 0 unspecified atom stereocenters. The van der Waals surface area contributed by atoms with Crippen molar-refractivity contribution in [1.82, 2.24) is 10.2 Å². The fraction of sp³-hybridized carbons (Fsp3) is 0.300. The largest absolute Gasteiger partial charge is 0.356 e. The second kappa shape index (κ2) is 9.57. The van der Waals surface area contributed by atoms with Crippen LogP contribution in [0.2, 0.25) is 0 Å². The maximum absolute atomic E-state index is 12.8. The lowest BCUT2D eigenvalue weighted by atomic mass is 10.1. The summed E-state index contributed by atoms with van der Waals surface area (Å²) in [7, 11) is 0. The third-order valence-electron chi connectivity index (χ3n) is 3.92. The Balaban J connectivity index is 1.73. The van der Waals surface area contributed by atoms with E-state index in [2.05, 4.69) is 5.32 Å². The van der Waals surface area contributed by atoms with Gasteiger partial charge in [0.25, 0.3) is 0 Å². The van der Waals surface area contributed by atoms with E-state index < -0.39 is 0 Å². The van der Waals surface area contributed by atoms with Gasteiger partial charge in [-0.05, 0) is 29.7 Å². The summed E-state index contributed by atoms with van der Waals surface area (Å²) in [6.45, 7) is 2.88. The molecule has 0 fully saturated rings. The summed E-state index contributed by atoms with van der Waals surface area (Å²) in [5.74, 6) is -0.417. The van der Waals surface area contributed by atoms with Crippen LogP contribution in [-0.2, 0) is 22.6 Å². The topological polar surface area (TPSA) is 49.4 Å². The van der Waals surface area contributed by atoms with E-state index in [1.54, 1.807) is 17.0 Å². The molecule has 0 bridgehead atoms. The lowest BCUT2D eigenvalue weighted by molar-refractivity contribution is -0.130. The highest BCUT2D eigenvalue weighted by Gasteiger charge is 2.11. The number of rotatable bonds is 8. The first-order valence-electron chi connectivity index (χ1n) is 8.35. The number of carbonyl (C=O) groups is 2. The lowest BCUT2D eigenvalue weighted by Crippen LogP contribution is -2.34. The molecule has 0 spiro atoms. The van der Waals surface area contributed by atoms with Crippen LogP contribution in [0.4, 0.5) is 4.39 Å². The zero-order valence-electron chi connectivity index (χ0n) is 14.4. The second-order valence-corrected chi connectivity index (χ2v) is 5.90. The predicted molar refractivity (Wildman–Crippen MR) is 95.3 cm³/mol. The molecule has 0 heterocycles. The van der Waals surface area contributed by atoms with Crippen molar-refractivity contribution in [2.24, 2.45) is 0 Å². The summed E-state index contributed by atoms with van der Waals surface area (Å²) in [5, 5.41) is 2.83. The Kier molecular flexibility index (Phi) is 7.14. The quantitative estimate of drug-likeness (QED) is 0.802. The van der Waals surface area contributed by atoms with Crippen LogP contribution < -0.4 is 5.32 Å². The number of amides is 2. The number of hydrogen-bond donors (Lipinski definition) is 1. The molecular formula is C20H23FN2O2. The normalized spacial score (nSPS) is 10.3. The summed E-state index contributed by atoms with van der Waals surface area (Å²) < 4.78 is 12.8. The highest BCUT2D eigenvalue weighted by atomic mass is 19.1. The van der Waals surface area contributed by atoms with E-state index in [1.165, 1.54) is 19.1 Å². The molecule has 0 atom stereocenters. The van der Waals surface area contributed by atoms with E-state index in [0.29, 0.717) is 26.1 Å². The maximum atomic E-state index is 12.8. The minimum absolute atomic E-state index is 0.0528. The van der Waals surface area contributed by atoms with Gasteiger partial charge in [-0.1, -0.05) is 42.5 Å². The van der Waals surface area contributed by atoms with Gasteiger partial charge in [0, 0.05) is 33.0 Å². The Labute approximate surface area is 147 Å².